The van der Waals surface area contributed by atoms with Crippen LogP contribution in [0.3, 0.4) is 0 Å². The highest BCUT2D eigenvalue weighted by atomic mass is 16.5. The maximum Gasteiger partial charge on any atom is 0.184 e. The summed E-state index contributed by atoms with van der Waals surface area (Å²) in [4.78, 5) is 10.4. The van der Waals surface area contributed by atoms with E-state index in [1.807, 2.05) is 6.08 Å². The van der Waals surface area contributed by atoms with E-state index < -0.39 is 5.60 Å². The minimum atomic E-state index is -0.546. The third-order valence-corrected chi connectivity index (χ3v) is 1.76. The number of rotatable bonds is 4. The first kappa shape index (κ1) is 7.32. The quantitative estimate of drug-likeness (QED) is 0.555. The van der Waals surface area contributed by atoms with Gasteiger partial charge in [0.1, 0.15) is 0 Å². The highest BCUT2D eigenvalue weighted by molar-refractivity contribution is 5.67. The van der Waals surface area contributed by atoms with Crippen LogP contribution >= 0.6 is 0 Å². The molecule has 0 aliphatic carbocycles. The van der Waals surface area contributed by atoms with Crippen molar-refractivity contribution in [3.63, 3.8) is 0 Å². The lowest BCUT2D eigenvalue weighted by Crippen LogP contribution is -2.35. The first-order chi connectivity index (χ1) is 4.83. The first-order valence-electron chi connectivity index (χ1n) is 3.65. The van der Waals surface area contributed by atoms with Crippen LogP contribution in [0.2, 0.25) is 0 Å². The van der Waals surface area contributed by atoms with Gasteiger partial charge in [-0.2, -0.15) is 0 Å². The van der Waals surface area contributed by atoms with Crippen LogP contribution in [0, 0.1) is 0 Å². The van der Waals surface area contributed by atoms with Gasteiger partial charge in [-0.15, -0.1) is 0 Å². The Kier molecular flexibility index (Phi) is 2.10. The number of ether oxygens (including phenoxy) is 1. The molecule has 0 amide bonds. The molecule has 0 aromatic carbocycles. The molecule has 0 fully saturated rings. The average Bonchev–Trinajstić information content (AvgIpc) is 1.87. The fraction of sp³-hybridized carbons (Fsp3) is 0.625. The van der Waals surface area contributed by atoms with Gasteiger partial charge < -0.3 is 4.74 Å². The molecular formula is C8H12O2. The van der Waals surface area contributed by atoms with Crippen molar-refractivity contribution < 1.29 is 9.53 Å². The summed E-state index contributed by atoms with van der Waals surface area (Å²) in [6.07, 6.45) is 7.24. The zero-order valence-corrected chi connectivity index (χ0v) is 6.17. The summed E-state index contributed by atoms with van der Waals surface area (Å²) in [5, 5.41) is 0. The molecule has 2 nitrogen and oxygen atoms in total. The second kappa shape index (κ2) is 2.86. The van der Waals surface area contributed by atoms with Crippen LogP contribution in [0.25, 0.3) is 0 Å². The minimum absolute atomic E-state index is 0.546. The molecule has 1 rings (SSSR count). The van der Waals surface area contributed by atoms with Gasteiger partial charge in [-0.1, -0.05) is 13.3 Å². The van der Waals surface area contributed by atoms with E-state index in [-0.39, 0.29) is 0 Å². The molecule has 0 saturated carbocycles. The van der Waals surface area contributed by atoms with Crippen molar-refractivity contribution in [1.29, 1.82) is 0 Å². The zero-order valence-electron chi connectivity index (χ0n) is 6.17. The molecule has 0 radical (unpaired) electrons. The van der Waals surface area contributed by atoms with Crippen LogP contribution in [-0.4, -0.2) is 11.9 Å². The number of carbonyl (C=O) groups is 1. The number of hydrogen-bond donors (Lipinski definition) is 0. The summed E-state index contributed by atoms with van der Waals surface area (Å²) < 4.78 is 5.02. The molecule has 1 heterocycles. The summed E-state index contributed by atoms with van der Waals surface area (Å²) in [6.45, 7) is 2.10. The van der Waals surface area contributed by atoms with Gasteiger partial charge in [-0.3, -0.25) is 4.79 Å². The SMILES string of the molecule is CCCCC1(C=O)C=CO1. The Morgan fingerprint density at radius 2 is 2.40 bits per heavy atom. The largest absolute Gasteiger partial charge is 0.483 e. The smallest absolute Gasteiger partial charge is 0.184 e. The molecule has 0 N–H and O–H groups in total. The molecule has 0 bridgehead atoms. The molecule has 0 saturated heterocycles. The van der Waals surface area contributed by atoms with Crippen molar-refractivity contribution in [2.45, 2.75) is 31.8 Å². The number of unbranched alkanes of at least 4 members (excludes halogenated alkanes) is 1. The normalized spacial score (nSPS) is 28.9. The Balaban J connectivity index is 2.35. The van der Waals surface area contributed by atoms with Crippen LogP contribution in [0.15, 0.2) is 12.3 Å². The number of hydrogen-bond acceptors (Lipinski definition) is 2. The van der Waals surface area contributed by atoms with Gasteiger partial charge in [0.05, 0.1) is 6.26 Å². The Morgan fingerprint density at radius 1 is 1.70 bits per heavy atom. The van der Waals surface area contributed by atoms with Gasteiger partial charge in [0.15, 0.2) is 11.9 Å². The summed E-state index contributed by atoms with van der Waals surface area (Å²) in [5.41, 5.74) is -0.546. The highest BCUT2D eigenvalue weighted by Gasteiger charge is 2.32. The molecule has 2 heteroatoms. The molecule has 0 aromatic heterocycles. The predicted octanol–water partition coefficient (Wildman–Crippen LogP) is 1.66. The predicted molar refractivity (Wildman–Crippen MR) is 38.5 cm³/mol. The van der Waals surface area contributed by atoms with Crippen LogP contribution in [0.1, 0.15) is 26.2 Å². The van der Waals surface area contributed by atoms with E-state index in [4.69, 9.17) is 4.74 Å². The maximum absolute atomic E-state index is 10.4. The van der Waals surface area contributed by atoms with E-state index in [1.165, 1.54) is 0 Å². The van der Waals surface area contributed by atoms with Crippen molar-refractivity contribution in [1.82, 2.24) is 0 Å². The monoisotopic (exact) mass is 140 g/mol. The summed E-state index contributed by atoms with van der Waals surface area (Å²) in [5.74, 6) is 0. The van der Waals surface area contributed by atoms with Crippen LogP contribution in [0.4, 0.5) is 0 Å². The Hall–Kier alpha value is -0.790. The summed E-state index contributed by atoms with van der Waals surface area (Å²) >= 11 is 0. The van der Waals surface area contributed by atoms with Crippen molar-refractivity contribution in [2.75, 3.05) is 0 Å². The fourth-order valence-electron chi connectivity index (χ4n) is 0.964. The molecule has 1 aliphatic rings. The number of carbonyl (C=O) groups excluding carboxylic acids is 1. The topological polar surface area (TPSA) is 26.3 Å². The van der Waals surface area contributed by atoms with E-state index in [9.17, 15) is 4.79 Å². The lowest BCUT2D eigenvalue weighted by atomic mass is 9.96. The molecule has 0 spiro atoms. The third-order valence-electron chi connectivity index (χ3n) is 1.76. The number of aldehydes is 1. The van der Waals surface area contributed by atoms with Crippen molar-refractivity contribution in [3.05, 3.63) is 12.3 Å². The Labute approximate surface area is 60.9 Å². The van der Waals surface area contributed by atoms with Crippen molar-refractivity contribution in [2.24, 2.45) is 0 Å². The summed E-state index contributed by atoms with van der Waals surface area (Å²) in [7, 11) is 0. The fourth-order valence-corrected chi connectivity index (χ4v) is 0.964. The molecule has 56 valence electrons. The summed E-state index contributed by atoms with van der Waals surface area (Å²) in [6, 6.07) is 0. The van der Waals surface area contributed by atoms with Gasteiger partial charge in [0.25, 0.3) is 0 Å². The Morgan fingerprint density at radius 3 is 2.70 bits per heavy atom. The van der Waals surface area contributed by atoms with Gasteiger partial charge >= 0.3 is 0 Å². The van der Waals surface area contributed by atoms with Gasteiger partial charge in [-0.25, -0.2) is 0 Å². The third kappa shape index (κ3) is 1.20. The Bertz CT molecular complexity index is 151. The van der Waals surface area contributed by atoms with Gasteiger partial charge in [-0.05, 0) is 12.8 Å². The van der Waals surface area contributed by atoms with Crippen molar-refractivity contribution in [3.8, 4) is 0 Å². The molecule has 1 aliphatic heterocycles. The van der Waals surface area contributed by atoms with Crippen LogP contribution < -0.4 is 0 Å². The van der Waals surface area contributed by atoms with Gasteiger partial charge in [0.2, 0.25) is 0 Å². The molecule has 0 aromatic rings. The second-order valence-corrected chi connectivity index (χ2v) is 2.60. The van der Waals surface area contributed by atoms with Gasteiger partial charge in [0, 0.05) is 6.08 Å². The van der Waals surface area contributed by atoms with Crippen LogP contribution in [0.5, 0.6) is 0 Å². The molecular weight excluding hydrogens is 128 g/mol. The minimum Gasteiger partial charge on any atom is -0.483 e. The molecule has 1 atom stereocenters. The lowest BCUT2D eigenvalue weighted by Gasteiger charge is -2.30. The van der Waals surface area contributed by atoms with E-state index in [2.05, 4.69) is 6.92 Å². The maximum atomic E-state index is 10.4. The highest BCUT2D eigenvalue weighted by Crippen LogP contribution is 2.25. The van der Waals surface area contributed by atoms with E-state index in [1.54, 1.807) is 6.26 Å². The molecule has 1 unspecified atom stereocenters. The lowest BCUT2D eigenvalue weighted by molar-refractivity contribution is -0.124. The average molecular weight is 140 g/mol. The van der Waals surface area contributed by atoms with E-state index >= 15 is 0 Å². The van der Waals surface area contributed by atoms with Crippen molar-refractivity contribution >= 4 is 6.29 Å². The molecule has 10 heavy (non-hydrogen) atoms. The second-order valence-electron chi connectivity index (χ2n) is 2.60. The van der Waals surface area contributed by atoms with Crippen LogP contribution in [-0.2, 0) is 9.53 Å². The zero-order chi connectivity index (χ0) is 7.45. The first-order valence-corrected chi connectivity index (χ1v) is 3.65. The van der Waals surface area contributed by atoms with E-state index in [0.717, 1.165) is 25.5 Å². The van der Waals surface area contributed by atoms with E-state index in [0.29, 0.717) is 0 Å². The standard InChI is InChI=1S/C8H12O2/c1-2-3-4-8(7-9)5-6-10-8/h5-7H,2-4H2,1H3.